The van der Waals surface area contributed by atoms with Crippen molar-refractivity contribution >= 4 is 52.3 Å². The molecule has 410 valence electrons. The lowest BCUT2D eigenvalue weighted by Gasteiger charge is -2.21. The number of carboxylic acids is 1. The minimum Gasteiger partial charge on any atom is -0.484 e. The van der Waals surface area contributed by atoms with Crippen LogP contribution in [0.3, 0.4) is 0 Å². The second-order valence-corrected chi connectivity index (χ2v) is 18.7. The number of nitrogens with zero attached hydrogens (tertiary/aromatic N) is 3. The molecule has 0 saturated carbocycles. The van der Waals surface area contributed by atoms with Crippen molar-refractivity contribution in [2.75, 3.05) is 79.0 Å². The number of carbonyl (C=O) groups excluding carboxylic acids is 6. The van der Waals surface area contributed by atoms with Gasteiger partial charge >= 0.3 is 5.97 Å². The van der Waals surface area contributed by atoms with Gasteiger partial charge < -0.3 is 61.3 Å². The van der Waals surface area contributed by atoms with Crippen LogP contribution >= 0.6 is 0 Å². The maximum absolute atomic E-state index is 13.2. The monoisotopic (exact) mass is 1040 g/mol. The van der Waals surface area contributed by atoms with Crippen molar-refractivity contribution in [3.05, 3.63) is 71.4 Å². The predicted octanol–water partition coefficient (Wildman–Crippen LogP) is 3.11. The van der Waals surface area contributed by atoms with Crippen LogP contribution in [-0.4, -0.2) is 154 Å². The molecule has 1 aromatic heterocycles. The molecule has 8 N–H and O–H groups in total. The smallest absolute Gasteiger partial charge is 0.326 e. The number of aromatic nitrogens is 1. The summed E-state index contributed by atoms with van der Waals surface area (Å²) < 4.78 is 22.2. The number of amides is 6. The van der Waals surface area contributed by atoms with Gasteiger partial charge in [0.2, 0.25) is 23.6 Å². The summed E-state index contributed by atoms with van der Waals surface area (Å²) in [6.45, 7) is 6.68. The third-order valence-corrected chi connectivity index (χ3v) is 12.2. The Morgan fingerprint density at radius 2 is 1.47 bits per heavy atom. The average Bonchev–Trinajstić information content (AvgIpc) is 3.88. The Labute approximate surface area is 439 Å². The zero-order valence-corrected chi connectivity index (χ0v) is 43.5. The van der Waals surface area contributed by atoms with Crippen molar-refractivity contribution in [2.24, 2.45) is 11.7 Å². The van der Waals surface area contributed by atoms with E-state index in [2.05, 4.69) is 75.8 Å². The van der Waals surface area contributed by atoms with Gasteiger partial charge in [0.05, 0.1) is 63.3 Å². The molecule has 0 aliphatic carbocycles. The van der Waals surface area contributed by atoms with Crippen LogP contribution < -0.4 is 37.1 Å². The van der Waals surface area contributed by atoms with E-state index in [1.54, 1.807) is 24.3 Å². The number of carbonyl (C=O) groups is 7. The molecule has 1 saturated heterocycles. The molecule has 3 atom stereocenters. The first kappa shape index (κ1) is 60.8. The van der Waals surface area contributed by atoms with Crippen LogP contribution in [0.5, 0.6) is 5.75 Å². The van der Waals surface area contributed by atoms with Crippen LogP contribution in [0, 0.1) is 17.2 Å². The van der Waals surface area contributed by atoms with Crippen molar-refractivity contribution < 1.29 is 57.6 Å². The summed E-state index contributed by atoms with van der Waals surface area (Å²) in [4.78, 5) is 94.1. The van der Waals surface area contributed by atoms with Gasteiger partial charge in [-0.25, -0.2) is 4.79 Å². The number of likely N-dealkylation sites (tertiary alicyclic amines) is 1. The molecule has 2 aromatic carbocycles. The Bertz CT molecular complexity index is 2330. The number of carboxylic acid groups (broad SMARTS) is 1. The van der Waals surface area contributed by atoms with Gasteiger partial charge in [0.25, 0.3) is 11.8 Å². The van der Waals surface area contributed by atoms with E-state index in [0.29, 0.717) is 86.3 Å². The number of unbranched alkanes of at least 4 members (excludes halogenated alkanes) is 2. The summed E-state index contributed by atoms with van der Waals surface area (Å²) in [5.41, 5.74) is 8.92. The maximum Gasteiger partial charge on any atom is 0.326 e. The number of rotatable bonds is 37. The van der Waals surface area contributed by atoms with Crippen molar-refractivity contribution in [1.29, 1.82) is 5.26 Å². The van der Waals surface area contributed by atoms with Gasteiger partial charge in [-0.2, -0.15) is 5.26 Å². The van der Waals surface area contributed by atoms with E-state index in [1.807, 2.05) is 0 Å². The number of pyridine rings is 1. The lowest BCUT2D eigenvalue weighted by Crippen LogP contribution is -2.51. The van der Waals surface area contributed by atoms with Gasteiger partial charge in [0.15, 0.2) is 6.61 Å². The van der Waals surface area contributed by atoms with Gasteiger partial charge in [0, 0.05) is 50.1 Å². The molecule has 1 aliphatic heterocycles. The van der Waals surface area contributed by atoms with Gasteiger partial charge in [-0.15, -0.1) is 0 Å². The molecular weight excluding hydrogens is 967 g/mol. The lowest BCUT2D eigenvalue weighted by atomic mass is 10.00. The molecule has 4 rings (SSSR count). The fourth-order valence-corrected chi connectivity index (χ4v) is 8.25. The quantitative estimate of drug-likeness (QED) is 0.0408. The van der Waals surface area contributed by atoms with Gasteiger partial charge in [-0.05, 0) is 112 Å². The first-order valence-corrected chi connectivity index (χ1v) is 26.1. The van der Waals surface area contributed by atoms with Crippen LogP contribution in [0.15, 0.2) is 54.7 Å². The van der Waals surface area contributed by atoms with E-state index in [-0.39, 0.29) is 96.3 Å². The highest BCUT2D eigenvalue weighted by molar-refractivity contribution is 6.07. The van der Waals surface area contributed by atoms with Gasteiger partial charge in [-0.3, -0.25) is 33.8 Å². The largest absolute Gasteiger partial charge is 0.484 e. The number of nitrogens with two attached hydrogens (primary N) is 1. The predicted molar refractivity (Wildman–Crippen MR) is 279 cm³/mol. The number of aryl methyl sites for hydroxylation is 1. The highest BCUT2D eigenvalue weighted by atomic mass is 16.5. The molecule has 0 unspecified atom stereocenters. The van der Waals surface area contributed by atoms with E-state index >= 15 is 0 Å². The second-order valence-electron chi connectivity index (χ2n) is 18.7. The highest BCUT2D eigenvalue weighted by Gasteiger charge is 2.29. The van der Waals surface area contributed by atoms with Crippen LogP contribution in [-0.2, 0) is 55.8 Å². The molecular formula is C54H77N9O12. The number of ether oxygens (including phenoxy) is 4. The first-order chi connectivity index (χ1) is 36.3. The normalized spacial score (nSPS) is 13.9. The average molecular weight is 1040 g/mol. The number of aliphatic carboxylic acids is 1. The molecule has 21 nitrogen and oxygen atoms in total. The molecule has 0 spiro atoms. The first-order valence-electron chi connectivity index (χ1n) is 26.1. The van der Waals surface area contributed by atoms with E-state index < -0.39 is 41.8 Å². The Balaban J connectivity index is 1.01. The van der Waals surface area contributed by atoms with Crippen molar-refractivity contribution in [3.63, 3.8) is 0 Å². The minimum absolute atomic E-state index is 0.0301. The minimum atomic E-state index is -1.19. The van der Waals surface area contributed by atoms with E-state index in [1.165, 1.54) is 22.2 Å². The van der Waals surface area contributed by atoms with Gasteiger partial charge in [0.1, 0.15) is 23.9 Å². The van der Waals surface area contributed by atoms with Crippen molar-refractivity contribution in [2.45, 2.75) is 115 Å². The Morgan fingerprint density at radius 1 is 0.773 bits per heavy atom. The maximum atomic E-state index is 13.2. The fourth-order valence-electron chi connectivity index (χ4n) is 8.25. The Morgan fingerprint density at radius 3 is 2.19 bits per heavy atom. The summed E-state index contributed by atoms with van der Waals surface area (Å²) in [6.07, 6.45) is 8.39. The van der Waals surface area contributed by atoms with E-state index in [4.69, 9.17) is 24.7 Å². The van der Waals surface area contributed by atoms with Crippen LogP contribution in [0.2, 0.25) is 0 Å². The third kappa shape index (κ3) is 23.6. The number of hydrogen-bond acceptors (Lipinski definition) is 14. The summed E-state index contributed by atoms with van der Waals surface area (Å²) in [5.74, 6) is -2.44. The van der Waals surface area contributed by atoms with E-state index in [0.717, 1.165) is 25.7 Å². The zero-order valence-electron chi connectivity index (χ0n) is 43.5. The third-order valence-electron chi connectivity index (χ3n) is 12.2. The van der Waals surface area contributed by atoms with Crippen LogP contribution in [0.25, 0.3) is 10.9 Å². The molecule has 3 aromatic rings. The number of nitriles is 1. The molecule has 1 aliphatic rings. The molecule has 1 fully saturated rings. The molecule has 0 radical (unpaired) electrons. The fraction of sp³-hybridized carbons (Fsp3) is 0.574. The topological polar surface area (TPSA) is 303 Å². The number of benzene rings is 2. The molecule has 6 amide bonds. The van der Waals surface area contributed by atoms with Gasteiger partial charge in [-0.1, -0.05) is 38.1 Å². The van der Waals surface area contributed by atoms with Crippen LogP contribution in [0.1, 0.15) is 106 Å². The summed E-state index contributed by atoms with van der Waals surface area (Å²) >= 11 is 0. The van der Waals surface area contributed by atoms with Crippen molar-refractivity contribution in [3.8, 4) is 11.8 Å². The number of hydrogen-bond donors (Lipinski definition) is 7. The molecule has 75 heavy (non-hydrogen) atoms. The summed E-state index contributed by atoms with van der Waals surface area (Å²) in [7, 11) is 0. The number of fused-ring (bicyclic) bond motifs is 1. The molecule has 0 bridgehead atoms. The molecule has 2 heterocycles. The Hall–Kier alpha value is -6.73. The Kier molecular flexibility index (Phi) is 28.1. The zero-order chi connectivity index (χ0) is 54.2. The number of nitrogens with one attached hydrogen (secondary N) is 5. The standard InChI is InChI=1S/C54H77N9O12/c1-38(2)33-40-16-14-39(15-17-40)9-7-13-48(64)58-23-6-4-12-46(54(70)71)62-53(69)45(11-3-5-22-55)61-49(65)21-27-72-29-31-74-32-30-73-28-25-59-50(66)37-75-42-18-19-43-44(20-24-57-47(43)34-42)52(68)60-36-51(67)63-26-8-10-41(63)35-56/h14-20,24,34,38,41,45-46H,3-13,21-23,25-33,36-37,55H2,1-2H3,(H,58,64)(H,59,66)(H,60,68)(H,61,65)(H,62,69)(H,70,71)/t41-,45-,46-/m0/s1. The summed E-state index contributed by atoms with van der Waals surface area (Å²) in [5, 5.41) is 33.1. The van der Waals surface area contributed by atoms with E-state index in [9.17, 15) is 43.9 Å². The van der Waals surface area contributed by atoms with Crippen molar-refractivity contribution in [1.82, 2.24) is 36.5 Å². The SMILES string of the molecule is CC(C)Cc1ccc(CCCC(=O)NCCCC[C@H](NC(=O)[C@H](CCCCN)NC(=O)CCOCCOCCOCCNC(=O)COc2ccc3c(C(=O)NCC(=O)N4CCC[C@H]4C#N)ccnc3c2)C(=O)O)cc1. The second kappa shape index (κ2) is 34.7. The summed E-state index contributed by atoms with van der Waals surface area (Å²) in [6, 6.07) is 14.5. The molecule has 21 heteroatoms. The highest BCUT2D eigenvalue weighted by Crippen LogP contribution is 2.23. The lowest BCUT2D eigenvalue weighted by molar-refractivity contribution is -0.142. The van der Waals surface area contributed by atoms with Crippen LogP contribution in [0.4, 0.5) is 0 Å².